The van der Waals surface area contributed by atoms with Crippen molar-refractivity contribution in [2.24, 2.45) is 0 Å². The second-order valence-electron chi connectivity index (χ2n) is 3.88. The summed E-state index contributed by atoms with van der Waals surface area (Å²) in [7, 11) is 1.63. The van der Waals surface area contributed by atoms with Crippen molar-refractivity contribution in [2.75, 3.05) is 7.11 Å². The minimum atomic E-state index is -0.516. The number of aromatic nitrogens is 1. The van der Waals surface area contributed by atoms with Crippen molar-refractivity contribution in [2.45, 2.75) is 19.4 Å². The van der Waals surface area contributed by atoms with E-state index in [4.69, 9.17) is 4.74 Å². The molecule has 3 nitrogen and oxygen atoms in total. The van der Waals surface area contributed by atoms with Crippen LogP contribution in [0.4, 0.5) is 0 Å². The fraction of sp³-hybridized carbons (Fsp3) is 0.308. The topological polar surface area (TPSA) is 42.4 Å². The molecule has 0 fully saturated rings. The Bertz CT molecular complexity index is 496. The van der Waals surface area contributed by atoms with Gasteiger partial charge in [-0.05, 0) is 24.6 Å². The van der Waals surface area contributed by atoms with Crippen LogP contribution in [0.3, 0.4) is 0 Å². The number of aliphatic hydroxyl groups excluding tert-OH is 1. The Balaban J connectivity index is 2.11. The van der Waals surface area contributed by atoms with Gasteiger partial charge in [0.1, 0.15) is 5.75 Å². The van der Waals surface area contributed by atoms with Crippen LogP contribution in [0, 0.1) is 6.92 Å². The molecule has 2 heterocycles. The molecule has 0 radical (unpaired) electrons. The first-order valence-corrected chi connectivity index (χ1v) is 6.29. The summed E-state index contributed by atoms with van der Waals surface area (Å²) >= 11 is 1.50. The number of nitrogens with zero attached hydrogens (tertiary/aromatic N) is 1. The monoisotopic (exact) mass is 249 g/mol. The molecule has 1 atom stereocenters. The van der Waals surface area contributed by atoms with Gasteiger partial charge in [0.25, 0.3) is 0 Å². The zero-order valence-electron chi connectivity index (χ0n) is 9.88. The Morgan fingerprint density at radius 2 is 2.35 bits per heavy atom. The van der Waals surface area contributed by atoms with Gasteiger partial charge in [-0.1, -0.05) is 6.07 Å². The summed E-state index contributed by atoms with van der Waals surface area (Å²) in [5.74, 6) is 0.793. The molecule has 0 aliphatic rings. The highest BCUT2D eigenvalue weighted by atomic mass is 32.1. The first-order valence-electron chi connectivity index (χ1n) is 5.41. The van der Waals surface area contributed by atoms with Gasteiger partial charge in [0, 0.05) is 28.6 Å². The SMILES string of the molecule is COc1csc(C(O)Cc2ncccc2C)c1. The molecule has 0 spiro atoms. The van der Waals surface area contributed by atoms with Crippen LogP contribution in [0.5, 0.6) is 5.75 Å². The predicted molar refractivity (Wildman–Crippen MR) is 68.5 cm³/mol. The summed E-state index contributed by atoms with van der Waals surface area (Å²) in [4.78, 5) is 5.19. The average Bonchev–Trinajstić information content (AvgIpc) is 2.81. The number of rotatable bonds is 4. The molecule has 1 unspecified atom stereocenters. The summed E-state index contributed by atoms with van der Waals surface area (Å²) < 4.78 is 5.10. The van der Waals surface area contributed by atoms with Crippen LogP contribution in [-0.4, -0.2) is 17.2 Å². The fourth-order valence-electron chi connectivity index (χ4n) is 1.63. The largest absolute Gasteiger partial charge is 0.496 e. The molecule has 0 bridgehead atoms. The van der Waals surface area contributed by atoms with E-state index in [1.54, 1.807) is 13.3 Å². The van der Waals surface area contributed by atoms with Crippen molar-refractivity contribution >= 4 is 11.3 Å². The van der Waals surface area contributed by atoms with Gasteiger partial charge in [-0.25, -0.2) is 0 Å². The number of hydrogen-bond donors (Lipinski definition) is 1. The van der Waals surface area contributed by atoms with Gasteiger partial charge in [0.05, 0.1) is 13.2 Å². The van der Waals surface area contributed by atoms with E-state index < -0.39 is 6.10 Å². The van der Waals surface area contributed by atoms with Crippen LogP contribution in [0.15, 0.2) is 29.8 Å². The minimum Gasteiger partial charge on any atom is -0.496 e. The molecule has 0 saturated carbocycles. The molecule has 0 aromatic carbocycles. The summed E-state index contributed by atoms with van der Waals surface area (Å²) in [5, 5.41) is 12.0. The van der Waals surface area contributed by atoms with E-state index in [-0.39, 0.29) is 0 Å². The van der Waals surface area contributed by atoms with Crippen LogP contribution in [0.1, 0.15) is 22.2 Å². The lowest BCUT2D eigenvalue weighted by Crippen LogP contribution is -2.03. The number of hydrogen-bond acceptors (Lipinski definition) is 4. The Labute approximate surface area is 105 Å². The lowest BCUT2D eigenvalue weighted by atomic mass is 10.1. The summed E-state index contributed by atoms with van der Waals surface area (Å²) in [6.45, 7) is 2.00. The lowest BCUT2D eigenvalue weighted by Gasteiger charge is -2.09. The fourth-order valence-corrected chi connectivity index (χ4v) is 2.47. The van der Waals surface area contributed by atoms with Crippen molar-refractivity contribution in [3.05, 3.63) is 45.9 Å². The molecule has 17 heavy (non-hydrogen) atoms. The molecular formula is C13H15NO2S. The first-order chi connectivity index (χ1) is 8.20. The van der Waals surface area contributed by atoms with Gasteiger partial charge in [-0.2, -0.15) is 0 Å². The summed E-state index contributed by atoms with van der Waals surface area (Å²) in [6, 6.07) is 5.77. The van der Waals surface area contributed by atoms with Crippen LogP contribution in [0.25, 0.3) is 0 Å². The van der Waals surface area contributed by atoms with Gasteiger partial charge in [-0.3, -0.25) is 4.98 Å². The van der Waals surface area contributed by atoms with Crippen molar-refractivity contribution in [3.63, 3.8) is 0 Å². The van der Waals surface area contributed by atoms with Crippen molar-refractivity contribution in [1.82, 2.24) is 4.98 Å². The maximum atomic E-state index is 10.1. The van der Waals surface area contributed by atoms with Crippen LogP contribution in [0.2, 0.25) is 0 Å². The maximum absolute atomic E-state index is 10.1. The number of methoxy groups -OCH3 is 1. The number of aryl methyl sites for hydroxylation is 1. The van der Waals surface area contributed by atoms with Gasteiger partial charge in [0.15, 0.2) is 0 Å². The number of pyridine rings is 1. The third-order valence-corrected chi connectivity index (χ3v) is 3.68. The molecule has 2 aromatic heterocycles. The standard InChI is InChI=1S/C13H15NO2S/c1-9-4-3-5-14-11(9)7-12(15)13-6-10(16-2)8-17-13/h3-6,8,12,15H,7H2,1-2H3. The van der Waals surface area contributed by atoms with Crippen LogP contribution < -0.4 is 4.74 Å². The Morgan fingerprint density at radius 1 is 1.53 bits per heavy atom. The third kappa shape index (κ3) is 2.84. The zero-order chi connectivity index (χ0) is 12.3. The number of thiophene rings is 1. The molecule has 2 rings (SSSR count). The number of aliphatic hydroxyl groups is 1. The van der Waals surface area contributed by atoms with Crippen molar-refractivity contribution < 1.29 is 9.84 Å². The third-order valence-electron chi connectivity index (χ3n) is 2.66. The lowest BCUT2D eigenvalue weighted by molar-refractivity contribution is 0.180. The Kier molecular flexibility index (Phi) is 3.76. The molecule has 2 aromatic rings. The number of ether oxygens (including phenoxy) is 1. The predicted octanol–water partition coefficient (Wildman–Crippen LogP) is 2.74. The van der Waals surface area contributed by atoms with Crippen LogP contribution >= 0.6 is 11.3 Å². The molecule has 0 aliphatic heterocycles. The second-order valence-corrected chi connectivity index (χ2v) is 4.82. The van der Waals surface area contributed by atoms with Gasteiger partial charge < -0.3 is 9.84 Å². The smallest absolute Gasteiger partial charge is 0.129 e. The zero-order valence-corrected chi connectivity index (χ0v) is 10.7. The van der Waals surface area contributed by atoms with E-state index in [1.165, 1.54) is 11.3 Å². The highest BCUT2D eigenvalue weighted by Crippen LogP contribution is 2.28. The molecule has 90 valence electrons. The Morgan fingerprint density at radius 3 is 3.00 bits per heavy atom. The average molecular weight is 249 g/mol. The van der Waals surface area contributed by atoms with Crippen molar-refractivity contribution in [1.29, 1.82) is 0 Å². The van der Waals surface area contributed by atoms with Gasteiger partial charge in [0.2, 0.25) is 0 Å². The van der Waals surface area contributed by atoms with E-state index in [0.717, 1.165) is 21.9 Å². The highest BCUT2D eigenvalue weighted by Gasteiger charge is 2.13. The van der Waals surface area contributed by atoms with Crippen molar-refractivity contribution in [3.8, 4) is 5.75 Å². The van der Waals surface area contributed by atoms with E-state index in [1.807, 2.05) is 30.5 Å². The quantitative estimate of drug-likeness (QED) is 0.906. The Hall–Kier alpha value is -1.39. The second kappa shape index (κ2) is 5.29. The van der Waals surface area contributed by atoms with E-state index in [9.17, 15) is 5.11 Å². The summed E-state index contributed by atoms with van der Waals surface area (Å²) in [5.41, 5.74) is 2.04. The maximum Gasteiger partial charge on any atom is 0.129 e. The van der Waals surface area contributed by atoms with E-state index >= 15 is 0 Å². The molecule has 0 aliphatic carbocycles. The minimum absolute atomic E-state index is 0.516. The molecule has 1 N–H and O–H groups in total. The molecule has 4 heteroatoms. The van der Waals surface area contributed by atoms with E-state index in [0.29, 0.717) is 6.42 Å². The molecular weight excluding hydrogens is 234 g/mol. The molecule has 0 saturated heterocycles. The first kappa shape index (κ1) is 12.1. The van der Waals surface area contributed by atoms with Gasteiger partial charge in [-0.15, -0.1) is 11.3 Å². The molecule has 0 amide bonds. The highest BCUT2D eigenvalue weighted by molar-refractivity contribution is 7.10. The normalized spacial score (nSPS) is 12.4. The summed E-state index contributed by atoms with van der Waals surface area (Å²) in [6.07, 6.45) is 1.78. The van der Waals surface area contributed by atoms with Gasteiger partial charge >= 0.3 is 0 Å². The van der Waals surface area contributed by atoms with Crippen LogP contribution in [-0.2, 0) is 6.42 Å². The van der Waals surface area contributed by atoms with E-state index in [2.05, 4.69) is 4.98 Å².